The van der Waals surface area contributed by atoms with Gasteiger partial charge in [0.15, 0.2) is 5.82 Å². The molecule has 0 bridgehead atoms. The molecule has 6 nitrogen and oxygen atoms in total. The van der Waals surface area contributed by atoms with E-state index in [0.29, 0.717) is 22.5 Å². The fourth-order valence-electron chi connectivity index (χ4n) is 1.76. The Morgan fingerprint density at radius 1 is 1.30 bits per heavy atom. The molecule has 0 radical (unpaired) electrons. The largest absolute Gasteiger partial charge is 0.353 e. The average molecular weight is 337 g/mol. The highest BCUT2D eigenvalue weighted by Gasteiger charge is 2.15. The first-order chi connectivity index (χ1) is 10.9. The van der Waals surface area contributed by atoms with Crippen LogP contribution >= 0.6 is 11.8 Å². The Balaban J connectivity index is 2.00. The first kappa shape index (κ1) is 17.3. The second-order valence-corrected chi connectivity index (χ2v) is 6.51. The molecule has 2 aromatic rings. The van der Waals surface area contributed by atoms with Gasteiger partial charge in [0.2, 0.25) is 11.1 Å². The summed E-state index contributed by atoms with van der Waals surface area (Å²) >= 11 is 1.21. The zero-order valence-electron chi connectivity index (χ0n) is 13.3. The normalized spacial score (nSPS) is 12.4. The van der Waals surface area contributed by atoms with E-state index in [2.05, 4.69) is 15.5 Å². The van der Waals surface area contributed by atoms with Gasteiger partial charge in [-0.3, -0.25) is 4.79 Å². The number of hydrogen-bond donors (Lipinski definition) is 2. The number of carbonyl (C=O) groups excluding carboxylic acids is 1. The van der Waals surface area contributed by atoms with Gasteiger partial charge in [-0.15, -0.1) is 10.2 Å². The lowest BCUT2D eigenvalue weighted by Crippen LogP contribution is -2.37. The highest BCUT2D eigenvalue weighted by Crippen LogP contribution is 2.21. The molecule has 8 heteroatoms. The van der Waals surface area contributed by atoms with Crippen molar-refractivity contribution in [3.63, 3.8) is 0 Å². The summed E-state index contributed by atoms with van der Waals surface area (Å²) in [5, 5.41) is 11.3. The molecule has 23 heavy (non-hydrogen) atoms. The lowest BCUT2D eigenvalue weighted by atomic mass is 10.1. The molecule has 0 spiro atoms. The highest BCUT2D eigenvalue weighted by molar-refractivity contribution is 7.99. The molecule has 0 aliphatic heterocycles. The third kappa shape index (κ3) is 4.44. The summed E-state index contributed by atoms with van der Waals surface area (Å²) in [5.41, 5.74) is 0.658. The predicted octanol–water partition coefficient (Wildman–Crippen LogP) is 2.05. The van der Waals surface area contributed by atoms with E-state index in [1.54, 1.807) is 12.1 Å². The quantitative estimate of drug-likeness (QED) is 0.622. The van der Waals surface area contributed by atoms with Gasteiger partial charge in [0.05, 0.1) is 5.75 Å². The summed E-state index contributed by atoms with van der Waals surface area (Å²) in [6.07, 6.45) is 0. The number of benzene rings is 1. The summed E-state index contributed by atoms with van der Waals surface area (Å²) in [6, 6.07) is 5.92. The maximum atomic E-state index is 13.0. The molecular weight excluding hydrogens is 317 g/mol. The number of nitrogens with two attached hydrogens (primary N) is 1. The molecule has 0 aliphatic carbocycles. The van der Waals surface area contributed by atoms with Crippen LogP contribution in [-0.4, -0.2) is 32.6 Å². The van der Waals surface area contributed by atoms with Gasteiger partial charge in [0, 0.05) is 11.6 Å². The zero-order chi connectivity index (χ0) is 17.0. The fourth-order valence-corrected chi connectivity index (χ4v) is 2.43. The van der Waals surface area contributed by atoms with E-state index in [0.717, 1.165) is 0 Å². The van der Waals surface area contributed by atoms with Crippen molar-refractivity contribution >= 4 is 17.7 Å². The molecule has 1 aromatic heterocycles. The van der Waals surface area contributed by atoms with Crippen LogP contribution < -0.4 is 11.2 Å². The lowest BCUT2D eigenvalue weighted by molar-refractivity contribution is -0.119. The van der Waals surface area contributed by atoms with Crippen LogP contribution in [0.5, 0.6) is 0 Å². The summed E-state index contributed by atoms with van der Waals surface area (Å²) in [5.74, 6) is 6.53. The molecule has 1 aromatic carbocycles. The van der Waals surface area contributed by atoms with Crippen LogP contribution in [0.2, 0.25) is 0 Å². The molecule has 1 amide bonds. The average Bonchev–Trinajstić information content (AvgIpc) is 2.87. The monoisotopic (exact) mass is 337 g/mol. The van der Waals surface area contributed by atoms with Crippen LogP contribution in [0.1, 0.15) is 20.8 Å². The van der Waals surface area contributed by atoms with Crippen LogP contribution in [0.4, 0.5) is 4.39 Å². The minimum atomic E-state index is -0.331. The zero-order valence-corrected chi connectivity index (χ0v) is 14.1. The molecule has 0 saturated heterocycles. The van der Waals surface area contributed by atoms with E-state index >= 15 is 0 Å². The molecular formula is C15H20FN5OS. The smallest absolute Gasteiger partial charge is 0.230 e. The molecule has 0 fully saturated rings. The Labute approximate surface area is 138 Å². The molecule has 124 valence electrons. The molecule has 2 rings (SSSR count). The van der Waals surface area contributed by atoms with Crippen LogP contribution in [0, 0.1) is 11.7 Å². The van der Waals surface area contributed by atoms with Gasteiger partial charge >= 0.3 is 0 Å². The second-order valence-electron chi connectivity index (χ2n) is 5.57. The van der Waals surface area contributed by atoms with Gasteiger partial charge in [0.1, 0.15) is 5.82 Å². The minimum absolute atomic E-state index is 0.0810. The Hall–Kier alpha value is -2.09. The number of hydrogen-bond acceptors (Lipinski definition) is 5. The highest BCUT2D eigenvalue weighted by atomic mass is 32.2. The van der Waals surface area contributed by atoms with Crippen LogP contribution in [0.25, 0.3) is 11.4 Å². The maximum absolute atomic E-state index is 13.0. The van der Waals surface area contributed by atoms with E-state index < -0.39 is 0 Å². The third-order valence-corrected chi connectivity index (χ3v) is 4.43. The van der Waals surface area contributed by atoms with Crippen molar-refractivity contribution in [2.75, 3.05) is 11.6 Å². The first-order valence-corrected chi connectivity index (χ1v) is 8.25. The van der Waals surface area contributed by atoms with Gasteiger partial charge in [0.25, 0.3) is 0 Å². The van der Waals surface area contributed by atoms with Gasteiger partial charge in [-0.25, -0.2) is 9.07 Å². The number of carbonyl (C=O) groups is 1. The number of thioether (sulfide) groups is 1. The summed E-state index contributed by atoms with van der Waals surface area (Å²) in [4.78, 5) is 11.9. The molecule has 1 atom stereocenters. The van der Waals surface area contributed by atoms with Crippen molar-refractivity contribution in [1.82, 2.24) is 20.2 Å². The molecule has 3 N–H and O–H groups in total. The number of nitrogens with zero attached hydrogens (tertiary/aromatic N) is 3. The molecule has 1 unspecified atom stereocenters. The third-order valence-electron chi connectivity index (χ3n) is 3.49. The number of aromatic nitrogens is 3. The van der Waals surface area contributed by atoms with Gasteiger partial charge < -0.3 is 11.2 Å². The minimum Gasteiger partial charge on any atom is -0.353 e. The van der Waals surface area contributed by atoms with E-state index in [1.165, 1.54) is 28.6 Å². The van der Waals surface area contributed by atoms with Gasteiger partial charge in [-0.1, -0.05) is 25.6 Å². The summed E-state index contributed by atoms with van der Waals surface area (Å²) in [7, 11) is 0. The Morgan fingerprint density at radius 3 is 2.57 bits per heavy atom. The lowest BCUT2D eigenvalue weighted by Gasteiger charge is -2.16. The van der Waals surface area contributed by atoms with E-state index in [9.17, 15) is 9.18 Å². The van der Waals surface area contributed by atoms with Crippen molar-refractivity contribution in [1.29, 1.82) is 0 Å². The van der Waals surface area contributed by atoms with Gasteiger partial charge in [-0.2, -0.15) is 0 Å². The van der Waals surface area contributed by atoms with Crippen molar-refractivity contribution in [2.24, 2.45) is 5.92 Å². The Bertz CT molecular complexity index is 671. The van der Waals surface area contributed by atoms with Crippen LogP contribution in [-0.2, 0) is 4.79 Å². The maximum Gasteiger partial charge on any atom is 0.230 e. The van der Waals surface area contributed by atoms with Crippen molar-refractivity contribution < 1.29 is 9.18 Å². The van der Waals surface area contributed by atoms with Crippen molar-refractivity contribution in [3.05, 3.63) is 30.1 Å². The Morgan fingerprint density at radius 2 is 1.96 bits per heavy atom. The van der Waals surface area contributed by atoms with Crippen molar-refractivity contribution in [2.45, 2.75) is 32.0 Å². The second kappa shape index (κ2) is 7.45. The number of nitrogen functional groups attached to an aromatic ring is 1. The summed E-state index contributed by atoms with van der Waals surface area (Å²) < 4.78 is 14.3. The number of nitrogens with one attached hydrogen (secondary N) is 1. The van der Waals surface area contributed by atoms with E-state index in [4.69, 9.17) is 5.84 Å². The molecule has 0 aliphatic rings. The van der Waals surface area contributed by atoms with Crippen LogP contribution in [0.3, 0.4) is 0 Å². The number of amides is 1. The topological polar surface area (TPSA) is 85.8 Å². The number of rotatable bonds is 6. The summed E-state index contributed by atoms with van der Waals surface area (Å²) in [6.45, 7) is 6.05. The van der Waals surface area contributed by atoms with E-state index in [-0.39, 0.29) is 23.5 Å². The van der Waals surface area contributed by atoms with Crippen LogP contribution in [0.15, 0.2) is 29.4 Å². The fraction of sp³-hybridized carbons (Fsp3) is 0.400. The molecule has 0 saturated carbocycles. The molecule has 1 heterocycles. The van der Waals surface area contributed by atoms with Gasteiger partial charge in [-0.05, 0) is 37.1 Å². The first-order valence-electron chi connectivity index (χ1n) is 7.27. The standard InChI is InChI=1S/C15H20FN5OS/c1-9(2)10(3)18-13(22)8-23-15-20-19-14(21(15)17)11-4-6-12(16)7-5-11/h4-7,9-10H,8,17H2,1-3H3,(H,18,22). The predicted molar refractivity (Wildman–Crippen MR) is 88.7 cm³/mol. The van der Waals surface area contributed by atoms with Crippen molar-refractivity contribution in [3.8, 4) is 11.4 Å². The van der Waals surface area contributed by atoms with E-state index in [1.807, 2.05) is 20.8 Å². The Kier molecular flexibility index (Phi) is 5.59. The SMILES string of the molecule is CC(C)C(C)NC(=O)CSc1nnc(-c2ccc(F)cc2)n1N. The number of halogens is 1.